The first kappa shape index (κ1) is 12.9. The minimum Gasteiger partial charge on any atom is -0.385 e. The van der Waals surface area contributed by atoms with Crippen molar-refractivity contribution in [2.45, 2.75) is 13.5 Å². The minimum absolute atomic E-state index is 0.0427. The molecule has 1 aromatic heterocycles. The molecule has 0 amide bonds. The van der Waals surface area contributed by atoms with Crippen molar-refractivity contribution in [2.24, 2.45) is 0 Å². The fourth-order valence-corrected chi connectivity index (χ4v) is 1.65. The Labute approximate surface area is 109 Å². The van der Waals surface area contributed by atoms with E-state index in [1.807, 2.05) is 13.0 Å². The predicted octanol–water partition coefficient (Wildman–Crippen LogP) is 2.63. The van der Waals surface area contributed by atoms with Gasteiger partial charge in [0.25, 0.3) is 5.69 Å². The van der Waals surface area contributed by atoms with Crippen molar-refractivity contribution in [3.63, 3.8) is 0 Å². The second-order valence-corrected chi connectivity index (χ2v) is 3.90. The monoisotopic (exact) mass is 262 g/mol. The van der Waals surface area contributed by atoms with Gasteiger partial charge in [-0.15, -0.1) is 0 Å². The molecule has 0 unspecified atom stereocenters. The summed E-state index contributed by atoms with van der Waals surface area (Å²) in [6, 6.07) is 6.54. The predicted molar refractivity (Wildman–Crippen MR) is 71.1 cm³/mol. The molecule has 7 nitrogen and oxygen atoms in total. The number of nitrogens with zero attached hydrogens (tertiary/aromatic N) is 2. The van der Waals surface area contributed by atoms with Crippen LogP contribution in [0.5, 0.6) is 0 Å². The van der Waals surface area contributed by atoms with Crippen molar-refractivity contribution in [3.05, 3.63) is 46.3 Å². The van der Waals surface area contributed by atoms with Gasteiger partial charge in [-0.25, -0.2) is 0 Å². The lowest BCUT2D eigenvalue weighted by Gasteiger charge is -2.08. The van der Waals surface area contributed by atoms with Crippen LogP contribution in [0.4, 0.5) is 17.1 Å². The molecule has 0 fully saturated rings. The molecular weight excluding hydrogens is 248 g/mol. The molecule has 0 saturated carbocycles. The molecular formula is C12H14N4O3. The van der Waals surface area contributed by atoms with Crippen molar-refractivity contribution in [2.75, 3.05) is 17.2 Å². The van der Waals surface area contributed by atoms with Gasteiger partial charge in [0.05, 0.1) is 11.5 Å². The Morgan fingerprint density at radius 3 is 2.63 bits per heavy atom. The van der Waals surface area contributed by atoms with Crippen molar-refractivity contribution < 1.29 is 9.45 Å². The number of hydrogen-bond acceptors (Lipinski definition) is 6. The molecule has 7 heteroatoms. The van der Waals surface area contributed by atoms with Gasteiger partial charge in [-0.2, -0.15) is 0 Å². The lowest BCUT2D eigenvalue weighted by Crippen LogP contribution is -2.03. The van der Waals surface area contributed by atoms with E-state index in [0.29, 0.717) is 24.5 Å². The van der Waals surface area contributed by atoms with Crippen LogP contribution in [0, 0.1) is 10.1 Å². The molecule has 2 N–H and O–H groups in total. The zero-order chi connectivity index (χ0) is 13.7. The van der Waals surface area contributed by atoms with Gasteiger partial charge in [0, 0.05) is 36.1 Å². The molecule has 1 aromatic carbocycles. The summed E-state index contributed by atoms with van der Waals surface area (Å²) in [7, 11) is 0. The van der Waals surface area contributed by atoms with Gasteiger partial charge >= 0.3 is 0 Å². The van der Waals surface area contributed by atoms with E-state index in [0.717, 1.165) is 5.69 Å². The summed E-state index contributed by atoms with van der Waals surface area (Å²) in [5, 5.41) is 20.8. The van der Waals surface area contributed by atoms with Crippen molar-refractivity contribution >= 4 is 17.1 Å². The highest BCUT2D eigenvalue weighted by Gasteiger charge is 2.09. The molecule has 0 aliphatic rings. The summed E-state index contributed by atoms with van der Waals surface area (Å²) >= 11 is 0. The van der Waals surface area contributed by atoms with Gasteiger partial charge in [-0.1, -0.05) is 5.16 Å². The van der Waals surface area contributed by atoms with E-state index in [1.165, 1.54) is 18.4 Å². The number of nitro groups is 1. The van der Waals surface area contributed by atoms with E-state index in [2.05, 4.69) is 15.8 Å². The first-order valence-electron chi connectivity index (χ1n) is 5.85. The highest BCUT2D eigenvalue weighted by molar-refractivity contribution is 5.63. The molecule has 2 aromatic rings. The lowest BCUT2D eigenvalue weighted by molar-refractivity contribution is -0.384. The molecule has 0 atom stereocenters. The summed E-state index contributed by atoms with van der Waals surface area (Å²) in [5.74, 6) is 0. The van der Waals surface area contributed by atoms with Crippen LogP contribution >= 0.6 is 0 Å². The standard InChI is InChI=1S/C12H14N4O3/c1-2-13-10-5-11(7-12(6-10)16(17)18)14-8-9-3-4-19-15-9/h3-7,13-14H,2,8H2,1H3. The highest BCUT2D eigenvalue weighted by Crippen LogP contribution is 2.24. The quantitative estimate of drug-likeness (QED) is 0.614. The largest absolute Gasteiger partial charge is 0.385 e. The molecule has 0 spiro atoms. The van der Waals surface area contributed by atoms with Crippen molar-refractivity contribution in [1.82, 2.24) is 5.16 Å². The Kier molecular flexibility index (Phi) is 3.97. The average molecular weight is 262 g/mol. The van der Waals surface area contributed by atoms with Gasteiger partial charge in [0.15, 0.2) is 0 Å². The van der Waals surface area contributed by atoms with Crippen LogP contribution < -0.4 is 10.6 Å². The van der Waals surface area contributed by atoms with Gasteiger partial charge in [-0.3, -0.25) is 10.1 Å². The number of rotatable bonds is 6. The Balaban J connectivity index is 2.16. The van der Waals surface area contributed by atoms with Gasteiger partial charge in [0.1, 0.15) is 12.0 Å². The molecule has 1 heterocycles. The van der Waals surface area contributed by atoms with Crippen LogP contribution in [0.15, 0.2) is 35.1 Å². The number of aromatic nitrogens is 1. The van der Waals surface area contributed by atoms with E-state index >= 15 is 0 Å². The van der Waals surface area contributed by atoms with E-state index in [4.69, 9.17) is 4.52 Å². The molecule has 0 saturated heterocycles. The highest BCUT2D eigenvalue weighted by atomic mass is 16.6. The maximum absolute atomic E-state index is 10.9. The Morgan fingerprint density at radius 2 is 2.05 bits per heavy atom. The second-order valence-electron chi connectivity index (χ2n) is 3.90. The van der Waals surface area contributed by atoms with E-state index in [1.54, 1.807) is 6.07 Å². The zero-order valence-electron chi connectivity index (χ0n) is 10.4. The molecule has 19 heavy (non-hydrogen) atoms. The fourth-order valence-electron chi connectivity index (χ4n) is 1.65. The lowest BCUT2D eigenvalue weighted by atomic mass is 10.2. The summed E-state index contributed by atoms with van der Waals surface area (Å²) in [6.45, 7) is 3.08. The third-order valence-electron chi connectivity index (χ3n) is 2.47. The van der Waals surface area contributed by atoms with E-state index < -0.39 is 4.92 Å². The first-order chi connectivity index (χ1) is 9.19. The van der Waals surface area contributed by atoms with Crippen LogP contribution in [-0.4, -0.2) is 16.6 Å². The average Bonchev–Trinajstić information content (AvgIpc) is 2.89. The summed E-state index contributed by atoms with van der Waals surface area (Å²) < 4.78 is 4.72. The van der Waals surface area contributed by atoms with E-state index in [9.17, 15) is 10.1 Å². The number of nitro benzene ring substituents is 1. The van der Waals surface area contributed by atoms with Crippen molar-refractivity contribution in [1.29, 1.82) is 0 Å². The summed E-state index contributed by atoms with van der Waals surface area (Å²) in [6.07, 6.45) is 1.48. The maximum Gasteiger partial charge on any atom is 0.273 e. The summed E-state index contributed by atoms with van der Waals surface area (Å²) in [4.78, 5) is 10.5. The molecule has 0 radical (unpaired) electrons. The van der Waals surface area contributed by atoms with Gasteiger partial charge in [0.2, 0.25) is 0 Å². The van der Waals surface area contributed by atoms with Crippen molar-refractivity contribution in [3.8, 4) is 0 Å². The third kappa shape index (κ3) is 3.44. The Morgan fingerprint density at radius 1 is 1.32 bits per heavy atom. The topological polar surface area (TPSA) is 93.2 Å². The van der Waals surface area contributed by atoms with Gasteiger partial charge < -0.3 is 15.2 Å². The number of non-ortho nitro benzene ring substituents is 1. The van der Waals surface area contributed by atoms with Crippen LogP contribution in [0.25, 0.3) is 0 Å². The molecule has 2 rings (SSSR count). The van der Waals surface area contributed by atoms with Crippen LogP contribution in [0.2, 0.25) is 0 Å². The normalized spacial score (nSPS) is 10.2. The minimum atomic E-state index is -0.415. The number of hydrogen-bond donors (Lipinski definition) is 2. The summed E-state index contributed by atoms with van der Waals surface area (Å²) in [5.41, 5.74) is 2.14. The van der Waals surface area contributed by atoms with Crippen LogP contribution in [0.3, 0.4) is 0 Å². The number of benzene rings is 1. The smallest absolute Gasteiger partial charge is 0.273 e. The molecule has 100 valence electrons. The van der Waals surface area contributed by atoms with Crippen LogP contribution in [0.1, 0.15) is 12.6 Å². The van der Waals surface area contributed by atoms with E-state index in [-0.39, 0.29) is 5.69 Å². The molecule has 0 aliphatic heterocycles. The second kappa shape index (κ2) is 5.85. The number of anilines is 2. The Hall–Kier alpha value is -2.57. The first-order valence-corrected chi connectivity index (χ1v) is 5.85. The third-order valence-corrected chi connectivity index (χ3v) is 2.47. The van der Waals surface area contributed by atoms with Crippen LogP contribution in [-0.2, 0) is 6.54 Å². The van der Waals surface area contributed by atoms with Gasteiger partial charge in [-0.05, 0) is 13.0 Å². The fraction of sp³-hybridized carbons (Fsp3) is 0.250. The Bertz CT molecular complexity index is 554. The SMILES string of the molecule is CCNc1cc(NCc2ccon2)cc([N+](=O)[O-])c1. The maximum atomic E-state index is 10.9. The number of nitrogens with one attached hydrogen (secondary N) is 2. The molecule has 0 aliphatic carbocycles. The molecule has 0 bridgehead atoms. The zero-order valence-corrected chi connectivity index (χ0v) is 10.4.